The molecule has 152 valence electrons. The van der Waals surface area contributed by atoms with Crippen molar-refractivity contribution in [2.45, 2.75) is 18.0 Å². The summed E-state index contributed by atoms with van der Waals surface area (Å²) in [5.41, 5.74) is 0.718. The highest BCUT2D eigenvalue weighted by Crippen LogP contribution is 2.22. The zero-order chi connectivity index (χ0) is 20.9. The maximum Gasteiger partial charge on any atom is 0.246 e. The van der Waals surface area contributed by atoms with Gasteiger partial charge in [0.1, 0.15) is 5.76 Å². The Hall–Kier alpha value is -2.39. The molecule has 0 saturated heterocycles. The van der Waals surface area contributed by atoms with Crippen LogP contribution in [0, 0.1) is 0 Å². The van der Waals surface area contributed by atoms with Crippen molar-refractivity contribution in [1.82, 2.24) is 9.62 Å². The van der Waals surface area contributed by atoms with Gasteiger partial charge in [-0.1, -0.05) is 23.7 Å². The van der Waals surface area contributed by atoms with Gasteiger partial charge in [-0.3, -0.25) is 4.79 Å². The molecule has 0 saturated carbocycles. The quantitative estimate of drug-likeness (QED) is 0.523. The molecule has 1 amide bonds. The lowest BCUT2D eigenvalue weighted by Crippen LogP contribution is -2.23. The fourth-order valence-electron chi connectivity index (χ4n) is 2.46. The number of thiophene rings is 1. The van der Waals surface area contributed by atoms with E-state index in [1.54, 1.807) is 48.4 Å². The minimum absolute atomic E-state index is 0.0767. The summed E-state index contributed by atoms with van der Waals surface area (Å²) in [6.07, 6.45) is 4.58. The van der Waals surface area contributed by atoms with E-state index < -0.39 is 10.0 Å². The van der Waals surface area contributed by atoms with Crippen LogP contribution in [0.25, 0.3) is 6.08 Å². The van der Waals surface area contributed by atoms with Gasteiger partial charge in [-0.05, 0) is 48.0 Å². The minimum atomic E-state index is -3.65. The molecule has 29 heavy (non-hydrogen) atoms. The normalized spacial score (nSPS) is 11.8. The first-order valence-electron chi connectivity index (χ1n) is 8.63. The van der Waals surface area contributed by atoms with Crippen molar-refractivity contribution in [3.63, 3.8) is 0 Å². The second kappa shape index (κ2) is 9.41. The number of carbonyl (C=O) groups is 1. The summed E-state index contributed by atoms with van der Waals surface area (Å²) < 4.78 is 32.9. The SMILES string of the molecule is CN(Cc1ccc(Cl)s1)C(=O)/C=C/c1ccc(S(=O)(=O)NCc2ccco2)cc1. The molecule has 1 aromatic carbocycles. The van der Waals surface area contributed by atoms with Crippen molar-refractivity contribution in [3.8, 4) is 0 Å². The molecule has 0 atom stereocenters. The minimum Gasteiger partial charge on any atom is -0.468 e. The number of benzene rings is 1. The van der Waals surface area contributed by atoms with Crippen LogP contribution in [0.4, 0.5) is 0 Å². The smallest absolute Gasteiger partial charge is 0.246 e. The molecule has 0 unspecified atom stereocenters. The van der Waals surface area contributed by atoms with Crippen LogP contribution in [0.5, 0.6) is 0 Å². The number of hydrogen-bond donors (Lipinski definition) is 1. The van der Waals surface area contributed by atoms with Crippen molar-refractivity contribution in [3.05, 3.63) is 81.4 Å². The van der Waals surface area contributed by atoms with Gasteiger partial charge >= 0.3 is 0 Å². The fraction of sp³-hybridized carbons (Fsp3) is 0.150. The highest BCUT2D eigenvalue weighted by atomic mass is 35.5. The lowest BCUT2D eigenvalue weighted by molar-refractivity contribution is -0.125. The predicted molar refractivity (Wildman–Crippen MR) is 114 cm³/mol. The monoisotopic (exact) mass is 450 g/mol. The van der Waals surface area contributed by atoms with Gasteiger partial charge in [-0.15, -0.1) is 11.3 Å². The molecule has 0 aliphatic heterocycles. The topological polar surface area (TPSA) is 79.6 Å². The summed E-state index contributed by atoms with van der Waals surface area (Å²) in [5, 5.41) is 0. The molecule has 3 rings (SSSR count). The average molecular weight is 451 g/mol. The van der Waals surface area contributed by atoms with Crippen molar-refractivity contribution in [1.29, 1.82) is 0 Å². The molecule has 0 bridgehead atoms. The van der Waals surface area contributed by atoms with E-state index in [4.69, 9.17) is 16.0 Å². The van der Waals surface area contributed by atoms with Crippen molar-refractivity contribution in [2.24, 2.45) is 0 Å². The van der Waals surface area contributed by atoms with Crippen molar-refractivity contribution < 1.29 is 17.6 Å². The zero-order valence-electron chi connectivity index (χ0n) is 15.5. The largest absolute Gasteiger partial charge is 0.468 e. The third-order valence-corrected chi connectivity index (χ3v) is 6.66. The number of hydrogen-bond acceptors (Lipinski definition) is 5. The first-order chi connectivity index (χ1) is 13.8. The molecule has 0 spiro atoms. The molecule has 3 aromatic rings. The number of halogens is 1. The van der Waals surface area contributed by atoms with E-state index in [1.165, 1.54) is 35.8 Å². The molecule has 1 N–H and O–H groups in total. The molecule has 0 aliphatic carbocycles. The number of sulfonamides is 1. The molecule has 2 heterocycles. The van der Waals surface area contributed by atoms with Gasteiger partial charge in [0.15, 0.2) is 0 Å². The molecule has 0 radical (unpaired) electrons. The van der Waals surface area contributed by atoms with Crippen LogP contribution in [0.3, 0.4) is 0 Å². The van der Waals surface area contributed by atoms with Gasteiger partial charge in [0.2, 0.25) is 15.9 Å². The lowest BCUT2D eigenvalue weighted by atomic mass is 10.2. The standard InChI is InChI=1S/C20H19ClN2O4S2/c1-23(14-17-7-10-19(21)28-17)20(24)11-6-15-4-8-18(9-5-15)29(25,26)22-13-16-3-2-12-27-16/h2-12,22H,13-14H2,1H3/b11-6+. The Morgan fingerprint density at radius 2 is 1.97 bits per heavy atom. The van der Waals surface area contributed by atoms with Gasteiger partial charge in [-0.2, -0.15) is 0 Å². The summed E-state index contributed by atoms with van der Waals surface area (Å²) >= 11 is 7.34. The van der Waals surface area contributed by atoms with Crippen molar-refractivity contribution >= 4 is 44.9 Å². The Morgan fingerprint density at radius 3 is 2.59 bits per heavy atom. The molecule has 0 fully saturated rings. The molecule has 2 aromatic heterocycles. The number of carbonyl (C=O) groups excluding carboxylic acids is 1. The highest BCUT2D eigenvalue weighted by molar-refractivity contribution is 7.89. The van der Waals surface area contributed by atoms with E-state index in [1.807, 2.05) is 6.07 Å². The Morgan fingerprint density at radius 1 is 1.21 bits per heavy atom. The molecular weight excluding hydrogens is 432 g/mol. The van der Waals surface area contributed by atoms with E-state index in [-0.39, 0.29) is 17.3 Å². The summed E-state index contributed by atoms with van der Waals surface area (Å²) in [6.45, 7) is 0.548. The Labute approximate surface area is 178 Å². The van der Waals surface area contributed by atoms with Crippen LogP contribution >= 0.6 is 22.9 Å². The van der Waals surface area contributed by atoms with Crippen LogP contribution in [-0.4, -0.2) is 26.3 Å². The number of amides is 1. The van der Waals surface area contributed by atoms with Crippen LogP contribution in [0.2, 0.25) is 4.34 Å². The van der Waals surface area contributed by atoms with Crippen molar-refractivity contribution in [2.75, 3.05) is 7.05 Å². The zero-order valence-corrected chi connectivity index (χ0v) is 17.9. The Kier molecular flexibility index (Phi) is 6.92. The number of likely N-dealkylation sites (N-methyl/N-ethyl adjacent to an activating group) is 1. The van der Waals surface area contributed by atoms with Gasteiger partial charge in [0.05, 0.1) is 28.6 Å². The van der Waals surface area contributed by atoms with E-state index >= 15 is 0 Å². The average Bonchev–Trinajstić information content (AvgIpc) is 3.36. The summed E-state index contributed by atoms with van der Waals surface area (Å²) in [4.78, 5) is 15.0. The molecule has 9 heteroatoms. The number of furan rings is 1. The second-order valence-electron chi connectivity index (χ2n) is 6.21. The third kappa shape index (κ3) is 6.04. The van der Waals surface area contributed by atoms with Crippen LogP contribution in [-0.2, 0) is 27.9 Å². The third-order valence-electron chi connectivity index (χ3n) is 4.02. The fourth-order valence-corrected chi connectivity index (χ4v) is 4.60. The Balaban J connectivity index is 1.58. The van der Waals surface area contributed by atoms with E-state index in [2.05, 4.69) is 4.72 Å². The molecule has 0 aliphatic rings. The number of nitrogens with one attached hydrogen (secondary N) is 1. The molecule has 6 nitrogen and oxygen atoms in total. The van der Waals surface area contributed by atoms with Gasteiger partial charge in [0.25, 0.3) is 0 Å². The predicted octanol–water partition coefficient (Wildman–Crippen LogP) is 4.14. The van der Waals surface area contributed by atoms with Crippen LogP contribution in [0.15, 0.2) is 70.2 Å². The summed E-state index contributed by atoms with van der Waals surface area (Å²) in [6, 6.07) is 13.3. The highest BCUT2D eigenvalue weighted by Gasteiger charge is 2.14. The van der Waals surface area contributed by atoms with Crippen LogP contribution < -0.4 is 4.72 Å². The molecular formula is C20H19ClN2O4S2. The first-order valence-corrected chi connectivity index (χ1v) is 11.3. The van der Waals surface area contributed by atoms with Gasteiger partial charge in [0, 0.05) is 18.0 Å². The summed E-state index contributed by atoms with van der Waals surface area (Å²) in [5.74, 6) is 0.368. The lowest BCUT2D eigenvalue weighted by Gasteiger charge is -2.13. The van der Waals surface area contributed by atoms with Gasteiger partial charge in [-0.25, -0.2) is 13.1 Å². The van der Waals surface area contributed by atoms with Crippen LogP contribution in [0.1, 0.15) is 16.2 Å². The Bertz CT molecular complexity index is 1090. The maximum atomic E-state index is 12.3. The number of nitrogens with zero attached hydrogens (tertiary/aromatic N) is 1. The maximum absolute atomic E-state index is 12.3. The van der Waals surface area contributed by atoms with E-state index in [9.17, 15) is 13.2 Å². The van der Waals surface area contributed by atoms with E-state index in [0.29, 0.717) is 16.6 Å². The van der Waals surface area contributed by atoms with Gasteiger partial charge < -0.3 is 9.32 Å². The summed E-state index contributed by atoms with van der Waals surface area (Å²) in [7, 11) is -1.94. The first kappa shape index (κ1) is 21.3. The van der Waals surface area contributed by atoms with E-state index in [0.717, 1.165) is 10.4 Å². The number of rotatable bonds is 8. The second-order valence-corrected chi connectivity index (χ2v) is 9.77.